The number of anilines is 2. The maximum atomic E-state index is 5.68. The molecule has 25 heavy (non-hydrogen) atoms. The number of aromatic nitrogens is 4. The fourth-order valence-corrected chi connectivity index (χ4v) is 2.89. The molecule has 1 aliphatic heterocycles. The number of methoxy groups -OCH3 is 1. The van der Waals surface area contributed by atoms with E-state index in [2.05, 4.69) is 25.2 Å². The molecule has 0 bridgehead atoms. The van der Waals surface area contributed by atoms with Crippen molar-refractivity contribution >= 4 is 11.6 Å². The van der Waals surface area contributed by atoms with Crippen LogP contribution in [0.3, 0.4) is 0 Å². The van der Waals surface area contributed by atoms with Gasteiger partial charge in [0.25, 0.3) is 0 Å². The van der Waals surface area contributed by atoms with Crippen molar-refractivity contribution in [2.24, 2.45) is 5.92 Å². The van der Waals surface area contributed by atoms with Crippen molar-refractivity contribution in [2.75, 3.05) is 43.6 Å². The molecule has 2 fully saturated rings. The van der Waals surface area contributed by atoms with Crippen LogP contribution in [0.15, 0.2) is 24.7 Å². The highest BCUT2D eigenvalue weighted by Crippen LogP contribution is 2.30. The van der Waals surface area contributed by atoms with Gasteiger partial charge in [-0.05, 0) is 24.8 Å². The molecule has 2 aliphatic rings. The molecule has 0 aromatic carbocycles. The molecule has 8 nitrogen and oxygen atoms in total. The third-order valence-corrected chi connectivity index (χ3v) is 4.50. The molecular weight excluding hydrogens is 320 g/mol. The van der Waals surface area contributed by atoms with Gasteiger partial charge in [0, 0.05) is 25.4 Å². The molecule has 2 aromatic heterocycles. The van der Waals surface area contributed by atoms with Crippen LogP contribution in [-0.2, 0) is 4.74 Å². The molecule has 4 rings (SSSR count). The van der Waals surface area contributed by atoms with Crippen LogP contribution in [0, 0.1) is 5.92 Å². The maximum absolute atomic E-state index is 5.68. The van der Waals surface area contributed by atoms with Gasteiger partial charge in [-0.3, -0.25) is 0 Å². The third-order valence-electron chi connectivity index (χ3n) is 4.50. The van der Waals surface area contributed by atoms with Crippen LogP contribution in [0.4, 0.5) is 11.6 Å². The Balaban J connectivity index is 1.56. The molecular formula is C17H22N6O2. The van der Waals surface area contributed by atoms with Crippen molar-refractivity contribution in [2.45, 2.75) is 18.9 Å². The first-order valence-electron chi connectivity index (χ1n) is 8.60. The fraction of sp³-hybridized carbons (Fsp3) is 0.529. The van der Waals surface area contributed by atoms with Gasteiger partial charge in [0.15, 0.2) is 5.82 Å². The second kappa shape index (κ2) is 7.18. The Bertz CT molecular complexity index is 724. The van der Waals surface area contributed by atoms with E-state index in [1.54, 1.807) is 13.3 Å². The molecule has 1 aliphatic carbocycles. The highest BCUT2D eigenvalue weighted by Gasteiger charge is 2.29. The fourth-order valence-electron chi connectivity index (χ4n) is 2.89. The lowest BCUT2D eigenvalue weighted by Crippen LogP contribution is -2.41. The minimum absolute atomic E-state index is 0.0870. The molecule has 8 heteroatoms. The van der Waals surface area contributed by atoms with Gasteiger partial charge in [0.2, 0.25) is 5.88 Å². The van der Waals surface area contributed by atoms with Crippen LogP contribution in [0.1, 0.15) is 24.7 Å². The molecule has 1 atom stereocenters. The van der Waals surface area contributed by atoms with E-state index in [9.17, 15) is 0 Å². The lowest BCUT2D eigenvalue weighted by Gasteiger charge is -2.35. The summed E-state index contributed by atoms with van der Waals surface area (Å²) in [5.74, 6) is 3.72. The van der Waals surface area contributed by atoms with E-state index in [0.717, 1.165) is 29.9 Å². The van der Waals surface area contributed by atoms with Gasteiger partial charge in [-0.1, -0.05) is 0 Å². The van der Waals surface area contributed by atoms with Crippen LogP contribution >= 0.6 is 0 Å². The minimum Gasteiger partial charge on any atom is -0.481 e. The highest BCUT2D eigenvalue weighted by atomic mass is 16.5. The second-order valence-electron chi connectivity index (χ2n) is 6.33. The van der Waals surface area contributed by atoms with Crippen molar-refractivity contribution in [1.29, 1.82) is 0 Å². The van der Waals surface area contributed by atoms with Crippen molar-refractivity contribution in [1.82, 2.24) is 19.9 Å². The Kier molecular flexibility index (Phi) is 4.60. The highest BCUT2D eigenvalue weighted by molar-refractivity contribution is 5.44. The lowest BCUT2D eigenvalue weighted by atomic mass is 10.2. The monoisotopic (exact) mass is 342 g/mol. The maximum Gasteiger partial charge on any atom is 0.218 e. The number of morpholine rings is 1. The number of nitrogens with zero attached hydrogens (tertiary/aromatic N) is 5. The normalized spacial score (nSPS) is 20.4. The molecule has 3 heterocycles. The number of nitrogens with one attached hydrogen (secondary N) is 1. The number of hydrogen-bond acceptors (Lipinski definition) is 8. The van der Waals surface area contributed by atoms with E-state index in [-0.39, 0.29) is 6.04 Å². The van der Waals surface area contributed by atoms with Gasteiger partial charge in [-0.25, -0.2) is 19.9 Å². The SMILES string of the molecule is COc1cc(N2CCOC[C@H]2c2nccc(NCC3CC3)n2)ncn1. The summed E-state index contributed by atoms with van der Waals surface area (Å²) >= 11 is 0. The Hall–Kier alpha value is -2.48. The lowest BCUT2D eigenvalue weighted by molar-refractivity contribution is 0.0913. The minimum atomic E-state index is -0.0870. The zero-order valence-corrected chi connectivity index (χ0v) is 14.3. The largest absolute Gasteiger partial charge is 0.481 e. The van der Waals surface area contributed by atoms with E-state index in [1.165, 1.54) is 19.2 Å². The summed E-state index contributed by atoms with van der Waals surface area (Å²) in [4.78, 5) is 19.8. The van der Waals surface area contributed by atoms with E-state index < -0.39 is 0 Å². The van der Waals surface area contributed by atoms with Crippen molar-refractivity contribution in [3.63, 3.8) is 0 Å². The molecule has 1 saturated carbocycles. The summed E-state index contributed by atoms with van der Waals surface area (Å²) in [7, 11) is 1.60. The summed E-state index contributed by atoms with van der Waals surface area (Å²) in [6.07, 6.45) is 5.93. The molecule has 2 aromatic rings. The Labute approximate surface area is 146 Å². The Morgan fingerprint density at radius 1 is 1.32 bits per heavy atom. The Morgan fingerprint density at radius 3 is 3.08 bits per heavy atom. The quantitative estimate of drug-likeness (QED) is 0.849. The summed E-state index contributed by atoms with van der Waals surface area (Å²) in [6, 6.07) is 3.65. The average Bonchev–Trinajstić information content (AvgIpc) is 3.51. The predicted molar refractivity (Wildman–Crippen MR) is 92.7 cm³/mol. The molecule has 132 valence electrons. The molecule has 0 amide bonds. The zero-order chi connectivity index (χ0) is 17.1. The van der Waals surface area contributed by atoms with Gasteiger partial charge >= 0.3 is 0 Å². The predicted octanol–water partition coefficient (Wildman–Crippen LogP) is 1.67. The van der Waals surface area contributed by atoms with E-state index in [0.29, 0.717) is 25.6 Å². The first kappa shape index (κ1) is 16.0. The van der Waals surface area contributed by atoms with Gasteiger partial charge in [0.1, 0.15) is 24.0 Å². The summed E-state index contributed by atoms with van der Waals surface area (Å²) in [6.45, 7) is 2.86. The molecule has 0 spiro atoms. The van der Waals surface area contributed by atoms with E-state index in [1.807, 2.05) is 12.1 Å². The van der Waals surface area contributed by atoms with Crippen LogP contribution in [-0.4, -0.2) is 53.3 Å². The Morgan fingerprint density at radius 2 is 2.24 bits per heavy atom. The smallest absolute Gasteiger partial charge is 0.218 e. The van der Waals surface area contributed by atoms with Crippen molar-refractivity contribution in [3.8, 4) is 5.88 Å². The summed E-state index contributed by atoms with van der Waals surface area (Å²) in [5, 5.41) is 3.40. The number of ether oxygens (including phenoxy) is 2. The van der Waals surface area contributed by atoms with E-state index >= 15 is 0 Å². The van der Waals surface area contributed by atoms with Crippen LogP contribution < -0.4 is 15.0 Å². The van der Waals surface area contributed by atoms with Crippen molar-refractivity contribution < 1.29 is 9.47 Å². The number of rotatable bonds is 6. The van der Waals surface area contributed by atoms with Gasteiger partial charge in [0.05, 0.1) is 20.3 Å². The first-order chi connectivity index (χ1) is 12.3. The first-order valence-corrected chi connectivity index (χ1v) is 8.60. The summed E-state index contributed by atoms with van der Waals surface area (Å²) < 4.78 is 10.9. The van der Waals surface area contributed by atoms with Gasteiger partial charge < -0.3 is 19.7 Å². The molecule has 0 unspecified atom stereocenters. The standard InChI is InChI=1S/C17H22N6O2/c1-24-16-8-15(20-11-21-16)23-6-7-25-10-13(23)17-18-5-4-14(22-17)19-9-12-2-3-12/h4-5,8,11-13H,2-3,6-7,9-10H2,1H3,(H,18,19,22)/t13-/m0/s1. The van der Waals surface area contributed by atoms with Crippen LogP contribution in [0.2, 0.25) is 0 Å². The van der Waals surface area contributed by atoms with E-state index in [4.69, 9.17) is 14.5 Å². The number of hydrogen-bond donors (Lipinski definition) is 1. The zero-order valence-electron chi connectivity index (χ0n) is 14.3. The van der Waals surface area contributed by atoms with Crippen molar-refractivity contribution in [3.05, 3.63) is 30.5 Å². The second-order valence-corrected chi connectivity index (χ2v) is 6.33. The molecule has 1 N–H and O–H groups in total. The van der Waals surface area contributed by atoms with Gasteiger partial charge in [-0.2, -0.15) is 0 Å². The third kappa shape index (κ3) is 3.79. The molecule has 0 radical (unpaired) electrons. The van der Waals surface area contributed by atoms with Crippen LogP contribution in [0.25, 0.3) is 0 Å². The average molecular weight is 342 g/mol. The molecule has 1 saturated heterocycles. The summed E-state index contributed by atoms with van der Waals surface area (Å²) in [5.41, 5.74) is 0. The van der Waals surface area contributed by atoms with Gasteiger partial charge in [-0.15, -0.1) is 0 Å². The van der Waals surface area contributed by atoms with Crippen LogP contribution in [0.5, 0.6) is 5.88 Å². The topological polar surface area (TPSA) is 85.3 Å².